The predicted octanol–water partition coefficient (Wildman–Crippen LogP) is 3.17. The van der Waals surface area contributed by atoms with Crippen LogP contribution < -0.4 is 0 Å². The lowest BCUT2D eigenvalue weighted by molar-refractivity contribution is -0.155. The van der Waals surface area contributed by atoms with E-state index in [1.54, 1.807) is 33.7 Å². The summed E-state index contributed by atoms with van der Waals surface area (Å²) in [5.41, 5.74) is 0. The van der Waals surface area contributed by atoms with Gasteiger partial charge in [0.15, 0.2) is 0 Å². The summed E-state index contributed by atoms with van der Waals surface area (Å²) in [5, 5.41) is 9.16. The summed E-state index contributed by atoms with van der Waals surface area (Å²) < 4.78 is 4.52. The van der Waals surface area contributed by atoms with Crippen LogP contribution in [0.5, 0.6) is 0 Å². The van der Waals surface area contributed by atoms with Gasteiger partial charge in [-0.25, -0.2) is 0 Å². The molecule has 0 aromatic carbocycles. The van der Waals surface area contributed by atoms with Crippen LogP contribution in [0.4, 0.5) is 0 Å². The number of aliphatic hydroxyl groups is 1. The minimum Gasteiger partial charge on any atom is -0.465 e. The Labute approximate surface area is 208 Å². The van der Waals surface area contributed by atoms with Crippen LogP contribution in [0.2, 0.25) is 0 Å². The lowest BCUT2D eigenvalue weighted by atomic mass is 9.66. The van der Waals surface area contributed by atoms with E-state index < -0.39 is 27.4 Å². The van der Waals surface area contributed by atoms with E-state index in [2.05, 4.69) is 20.1 Å². The zero-order chi connectivity index (χ0) is 25.1. The summed E-state index contributed by atoms with van der Waals surface area (Å²) >= 11 is 1.67. The van der Waals surface area contributed by atoms with E-state index in [-0.39, 0.29) is 37.0 Å². The smallest absolute Gasteiger partial charge is 0.311 e. The van der Waals surface area contributed by atoms with Gasteiger partial charge >= 0.3 is 5.97 Å². The number of unbranched alkanes of at least 4 members (excludes halogenated alkanes) is 2. The maximum atomic E-state index is 14.0. The van der Waals surface area contributed by atoms with Gasteiger partial charge in [0.25, 0.3) is 0 Å². The standard InChI is InChI=1S/C26H40N2O5S/c1-6-8-17-33-24(32)20-19-22(30)28(15-10-9-11-16-29)21(23(31)27(14-7-2)18(3)4)26(19)13-12-25(20,5)34-26/h6-7,18-21,29H,1-2,8-17H2,3-5H3/t19-,20+,21?,25-,26?/m0/s1. The van der Waals surface area contributed by atoms with Crippen molar-refractivity contribution < 1.29 is 24.2 Å². The van der Waals surface area contributed by atoms with E-state index in [0.29, 0.717) is 32.4 Å². The van der Waals surface area contributed by atoms with Crippen molar-refractivity contribution in [2.45, 2.75) is 80.9 Å². The molecule has 8 heteroatoms. The Hall–Kier alpha value is -1.80. The molecule has 0 aromatic heterocycles. The van der Waals surface area contributed by atoms with Crippen molar-refractivity contribution in [3.05, 3.63) is 25.3 Å². The van der Waals surface area contributed by atoms with E-state index in [1.165, 1.54) is 0 Å². The fourth-order valence-electron chi connectivity index (χ4n) is 6.06. The maximum absolute atomic E-state index is 14.0. The van der Waals surface area contributed by atoms with Crippen molar-refractivity contribution in [3.8, 4) is 0 Å². The third-order valence-corrected chi connectivity index (χ3v) is 9.61. The van der Waals surface area contributed by atoms with Crippen molar-refractivity contribution in [2.24, 2.45) is 11.8 Å². The Bertz CT molecular complexity index is 817. The lowest BCUT2D eigenvalue weighted by Gasteiger charge is -2.38. The first-order valence-electron chi connectivity index (χ1n) is 12.5. The van der Waals surface area contributed by atoms with E-state index in [4.69, 9.17) is 9.84 Å². The van der Waals surface area contributed by atoms with Crippen LogP contribution in [-0.2, 0) is 19.1 Å². The molecule has 3 heterocycles. The number of thioether (sulfide) groups is 1. The van der Waals surface area contributed by atoms with Gasteiger partial charge in [0.1, 0.15) is 6.04 Å². The summed E-state index contributed by atoms with van der Waals surface area (Å²) in [6, 6.07) is -0.648. The number of likely N-dealkylation sites (tertiary alicyclic amines) is 1. The molecule has 1 spiro atoms. The Morgan fingerprint density at radius 2 is 2.00 bits per heavy atom. The number of hydrogen-bond acceptors (Lipinski definition) is 6. The summed E-state index contributed by atoms with van der Waals surface area (Å²) in [7, 11) is 0. The Morgan fingerprint density at radius 1 is 1.26 bits per heavy atom. The molecule has 5 atom stereocenters. The molecule has 0 saturated carbocycles. The molecule has 0 aliphatic carbocycles. The number of amides is 2. The first-order chi connectivity index (χ1) is 16.2. The third-order valence-electron chi connectivity index (χ3n) is 7.62. The minimum atomic E-state index is -0.629. The molecule has 3 fully saturated rings. The van der Waals surface area contributed by atoms with Gasteiger partial charge in [-0.3, -0.25) is 14.4 Å². The second-order valence-electron chi connectivity index (χ2n) is 10.2. The molecule has 2 bridgehead atoms. The molecule has 2 unspecified atom stereocenters. The van der Waals surface area contributed by atoms with Gasteiger partial charge in [-0.05, 0) is 59.3 Å². The second-order valence-corrected chi connectivity index (χ2v) is 12.1. The van der Waals surface area contributed by atoms with Crippen LogP contribution in [-0.4, -0.2) is 80.6 Å². The highest BCUT2D eigenvalue weighted by Gasteiger charge is 2.77. The number of fused-ring (bicyclic) bond motifs is 1. The molecule has 3 rings (SSSR count). The molecular formula is C26H40N2O5S. The predicted molar refractivity (Wildman–Crippen MR) is 134 cm³/mol. The lowest BCUT2D eigenvalue weighted by Crippen LogP contribution is -2.56. The molecule has 3 saturated heterocycles. The third kappa shape index (κ3) is 4.55. The number of aliphatic hydroxyl groups excluding tert-OH is 1. The van der Waals surface area contributed by atoms with Crippen molar-refractivity contribution in [1.29, 1.82) is 0 Å². The van der Waals surface area contributed by atoms with Gasteiger partial charge in [-0.1, -0.05) is 12.2 Å². The summed E-state index contributed by atoms with van der Waals surface area (Å²) in [6.45, 7) is 14.7. The quantitative estimate of drug-likeness (QED) is 0.241. The van der Waals surface area contributed by atoms with Gasteiger partial charge in [-0.15, -0.1) is 24.9 Å². The molecule has 1 N–H and O–H groups in total. The summed E-state index contributed by atoms with van der Waals surface area (Å²) in [5.74, 6) is -1.63. The van der Waals surface area contributed by atoms with Crippen LogP contribution in [0.1, 0.15) is 59.3 Å². The van der Waals surface area contributed by atoms with E-state index in [0.717, 1.165) is 19.3 Å². The second kappa shape index (κ2) is 10.9. The number of rotatable bonds is 13. The number of carbonyl (C=O) groups is 3. The summed E-state index contributed by atoms with van der Waals surface area (Å²) in [4.78, 5) is 44.8. The van der Waals surface area contributed by atoms with E-state index in [1.807, 2.05) is 13.8 Å². The number of esters is 1. The molecule has 0 aromatic rings. The Kier molecular flexibility index (Phi) is 8.56. The average Bonchev–Trinajstić information content (AvgIpc) is 3.35. The maximum Gasteiger partial charge on any atom is 0.311 e. The van der Waals surface area contributed by atoms with E-state index >= 15 is 0 Å². The normalized spacial score (nSPS) is 31.6. The zero-order valence-corrected chi connectivity index (χ0v) is 21.6. The minimum absolute atomic E-state index is 0.0360. The monoisotopic (exact) mass is 492 g/mol. The van der Waals surface area contributed by atoms with Crippen LogP contribution in [0.25, 0.3) is 0 Å². The van der Waals surface area contributed by atoms with Crippen molar-refractivity contribution in [2.75, 3.05) is 26.3 Å². The molecular weight excluding hydrogens is 452 g/mol. The van der Waals surface area contributed by atoms with Crippen LogP contribution in [0, 0.1) is 11.8 Å². The highest BCUT2D eigenvalue weighted by atomic mass is 32.2. The first kappa shape index (κ1) is 26.8. The van der Waals surface area contributed by atoms with Gasteiger partial charge in [0, 0.05) is 30.5 Å². The van der Waals surface area contributed by atoms with Gasteiger partial charge < -0.3 is 19.6 Å². The average molecular weight is 493 g/mol. The van der Waals surface area contributed by atoms with Crippen LogP contribution >= 0.6 is 11.8 Å². The molecule has 3 aliphatic rings. The number of hydrogen-bond donors (Lipinski definition) is 1. The highest BCUT2D eigenvalue weighted by Crippen LogP contribution is 2.71. The Morgan fingerprint density at radius 3 is 2.62 bits per heavy atom. The van der Waals surface area contributed by atoms with Gasteiger partial charge in [0.2, 0.25) is 11.8 Å². The van der Waals surface area contributed by atoms with Gasteiger partial charge in [-0.2, -0.15) is 0 Å². The fraction of sp³-hybridized carbons (Fsp3) is 0.731. The fourth-order valence-corrected chi connectivity index (χ4v) is 8.40. The number of ether oxygens (including phenoxy) is 1. The van der Waals surface area contributed by atoms with Crippen molar-refractivity contribution >= 4 is 29.5 Å². The van der Waals surface area contributed by atoms with E-state index in [9.17, 15) is 14.4 Å². The zero-order valence-electron chi connectivity index (χ0n) is 20.8. The van der Waals surface area contributed by atoms with Crippen LogP contribution in [0.15, 0.2) is 25.3 Å². The summed E-state index contributed by atoms with van der Waals surface area (Å²) in [6.07, 6.45) is 7.63. The molecule has 0 radical (unpaired) electrons. The highest BCUT2D eigenvalue weighted by molar-refractivity contribution is 8.02. The number of nitrogens with zero attached hydrogens (tertiary/aromatic N) is 2. The number of carbonyl (C=O) groups excluding carboxylic acids is 3. The first-order valence-corrected chi connectivity index (χ1v) is 13.3. The van der Waals surface area contributed by atoms with Crippen molar-refractivity contribution in [3.63, 3.8) is 0 Å². The molecule has 7 nitrogen and oxygen atoms in total. The molecule has 3 aliphatic heterocycles. The van der Waals surface area contributed by atoms with Gasteiger partial charge in [0.05, 0.1) is 23.2 Å². The topological polar surface area (TPSA) is 87.1 Å². The molecule has 2 amide bonds. The SMILES string of the molecule is C=CCCOC(=O)[C@H]1[C@H]2C(=O)N(CCCCCO)C(C(=O)N(CC=C)C(C)C)C23CC[C@]1(C)S3. The molecule has 34 heavy (non-hydrogen) atoms. The largest absolute Gasteiger partial charge is 0.465 e. The van der Waals surface area contributed by atoms with Crippen molar-refractivity contribution in [1.82, 2.24) is 9.80 Å². The Balaban J connectivity index is 1.98. The molecule has 190 valence electrons. The van der Waals surface area contributed by atoms with Crippen LogP contribution in [0.3, 0.4) is 0 Å².